The third-order valence-corrected chi connectivity index (χ3v) is 6.42. The lowest BCUT2D eigenvalue weighted by Crippen LogP contribution is -2.54. The van der Waals surface area contributed by atoms with Crippen molar-refractivity contribution in [2.24, 2.45) is 11.8 Å². The maximum Gasteiger partial charge on any atom is 0.522 e. The number of alkyl halides is 3. The van der Waals surface area contributed by atoms with Crippen molar-refractivity contribution in [2.75, 3.05) is 20.3 Å². The van der Waals surface area contributed by atoms with Gasteiger partial charge in [-0.2, -0.15) is 0 Å². The Hall–Kier alpha value is -3.61. The molecule has 2 aromatic rings. The molecule has 2 heterocycles. The fourth-order valence-electron chi connectivity index (χ4n) is 4.51. The number of methoxy groups -OCH3 is 1. The van der Waals surface area contributed by atoms with Gasteiger partial charge in [-0.25, -0.2) is 0 Å². The molecule has 1 saturated heterocycles. The molecule has 1 fully saturated rings. The molecule has 0 saturated carbocycles. The molecule has 214 valence electrons. The summed E-state index contributed by atoms with van der Waals surface area (Å²) in [5.41, 5.74) is 0.812. The third-order valence-electron chi connectivity index (χ3n) is 6.42. The number of halogens is 3. The van der Waals surface area contributed by atoms with Crippen LogP contribution in [0, 0.1) is 11.8 Å². The molecular formula is C26H33F3N4O6. The number of aromatic amines is 1. The van der Waals surface area contributed by atoms with E-state index in [1.807, 2.05) is 13.8 Å². The number of aromatic nitrogens is 1. The monoisotopic (exact) mass is 554 g/mol. The van der Waals surface area contributed by atoms with Gasteiger partial charge in [0.15, 0.2) is 5.78 Å². The summed E-state index contributed by atoms with van der Waals surface area (Å²) in [5, 5.41) is 8.44. The molecule has 0 spiro atoms. The molecule has 1 aromatic carbocycles. The van der Waals surface area contributed by atoms with Crippen molar-refractivity contribution >= 4 is 34.4 Å². The molecule has 13 heteroatoms. The van der Waals surface area contributed by atoms with Gasteiger partial charge in [0.2, 0.25) is 11.8 Å². The van der Waals surface area contributed by atoms with Crippen LogP contribution in [0.4, 0.5) is 13.2 Å². The molecule has 3 atom stereocenters. The van der Waals surface area contributed by atoms with E-state index in [4.69, 9.17) is 4.74 Å². The SMILES string of the molecule is COc1cccc2[nH]c(C(=O)NC(CC(C)C)C(=O)NC(C[C@@H]3CCCNC3=O)C(=O)COC(F)(F)F)cc12. The fraction of sp³-hybridized carbons (Fsp3) is 0.538. The highest BCUT2D eigenvalue weighted by atomic mass is 19.4. The molecule has 3 rings (SSSR count). The number of amides is 3. The minimum atomic E-state index is -5.04. The number of carbonyl (C=O) groups is 4. The van der Waals surface area contributed by atoms with Crippen LogP contribution in [-0.2, 0) is 19.1 Å². The number of ether oxygens (including phenoxy) is 2. The van der Waals surface area contributed by atoms with Crippen LogP contribution < -0.4 is 20.7 Å². The van der Waals surface area contributed by atoms with E-state index in [1.165, 1.54) is 7.11 Å². The minimum Gasteiger partial charge on any atom is -0.496 e. The molecule has 39 heavy (non-hydrogen) atoms. The molecule has 10 nitrogen and oxygen atoms in total. The first kappa shape index (κ1) is 29.9. The average Bonchev–Trinajstić information content (AvgIpc) is 3.31. The van der Waals surface area contributed by atoms with Crippen LogP contribution in [0.15, 0.2) is 24.3 Å². The van der Waals surface area contributed by atoms with E-state index in [-0.39, 0.29) is 30.4 Å². The highest BCUT2D eigenvalue weighted by Crippen LogP contribution is 2.26. The number of H-pyrrole nitrogens is 1. The standard InChI is InChI=1S/C26H33F3N4O6/c1-14(2)10-19(33-25(37)20-12-16-17(31-20)7-4-8-22(16)38-3)24(36)32-18(21(34)13-39-26(27,28)29)11-15-6-5-9-30-23(15)35/h4,7-8,12,14-15,18-19,31H,5-6,9-11,13H2,1-3H3,(H,30,35)(H,32,36)(H,33,37)/t15-,18?,19?/m0/s1. The Kier molecular flexibility index (Phi) is 9.95. The van der Waals surface area contributed by atoms with Crippen LogP contribution in [0.3, 0.4) is 0 Å². The second-order valence-corrected chi connectivity index (χ2v) is 9.89. The predicted octanol–water partition coefficient (Wildman–Crippen LogP) is 2.83. The Morgan fingerprint density at radius 1 is 1.15 bits per heavy atom. The molecule has 1 aliphatic rings. The highest BCUT2D eigenvalue weighted by molar-refractivity contribution is 6.02. The van der Waals surface area contributed by atoms with E-state index < -0.39 is 48.6 Å². The van der Waals surface area contributed by atoms with E-state index in [0.29, 0.717) is 36.0 Å². The number of nitrogens with one attached hydrogen (secondary N) is 4. The summed E-state index contributed by atoms with van der Waals surface area (Å²) >= 11 is 0. The number of hydrogen-bond acceptors (Lipinski definition) is 6. The summed E-state index contributed by atoms with van der Waals surface area (Å²) in [5.74, 6) is -2.90. The molecule has 1 aliphatic heterocycles. The van der Waals surface area contributed by atoms with Gasteiger partial charge >= 0.3 is 6.36 Å². The van der Waals surface area contributed by atoms with Gasteiger partial charge in [0.1, 0.15) is 24.1 Å². The topological polar surface area (TPSA) is 139 Å². The van der Waals surface area contributed by atoms with E-state index >= 15 is 0 Å². The third kappa shape index (κ3) is 8.44. The van der Waals surface area contributed by atoms with Gasteiger partial charge in [0.25, 0.3) is 5.91 Å². The number of piperidine rings is 1. The summed E-state index contributed by atoms with van der Waals surface area (Å²) in [6, 6.07) is 4.30. The fourth-order valence-corrected chi connectivity index (χ4v) is 4.51. The van der Waals surface area contributed by atoms with Gasteiger partial charge in [-0.3, -0.25) is 23.9 Å². The van der Waals surface area contributed by atoms with Crippen LogP contribution in [0.25, 0.3) is 10.9 Å². The number of ketones is 1. The van der Waals surface area contributed by atoms with Crippen molar-refractivity contribution in [3.8, 4) is 5.75 Å². The first-order chi connectivity index (χ1) is 18.4. The average molecular weight is 555 g/mol. The molecule has 0 aliphatic carbocycles. The second kappa shape index (κ2) is 13.0. The van der Waals surface area contributed by atoms with Crippen molar-refractivity contribution in [3.63, 3.8) is 0 Å². The Morgan fingerprint density at radius 3 is 2.54 bits per heavy atom. The van der Waals surface area contributed by atoms with Crippen molar-refractivity contribution in [2.45, 2.75) is 58.0 Å². The van der Waals surface area contributed by atoms with Gasteiger partial charge in [-0.05, 0) is 49.8 Å². The summed E-state index contributed by atoms with van der Waals surface area (Å²) in [7, 11) is 1.50. The number of hydrogen-bond donors (Lipinski definition) is 4. The van der Waals surface area contributed by atoms with E-state index in [2.05, 4.69) is 25.7 Å². The predicted molar refractivity (Wildman–Crippen MR) is 135 cm³/mol. The normalized spacial score (nSPS) is 17.4. The summed E-state index contributed by atoms with van der Waals surface area (Å²) in [6.45, 7) is 2.79. The van der Waals surface area contributed by atoms with Crippen LogP contribution in [0.5, 0.6) is 5.75 Å². The zero-order chi connectivity index (χ0) is 28.7. The molecule has 0 radical (unpaired) electrons. The van der Waals surface area contributed by atoms with Gasteiger partial charge in [-0.1, -0.05) is 19.9 Å². The lowest BCUT2D eigenvalue weighted by Gasteiger charge is -2.28. The lowest BCUT2D eigenvalue weighted by atomic mass is 9.90. The van der Waals surface area contributed by atoms with Gasteiger partial charge < -0.3 is 25.7 Å². The first-order valence-electron chi connectivity index (χ1n) is 12.7. The lowest BCUT2D eigenvalue weighted by molar-refractivity contribution is -0.321. The molecule has 1 aromatic heterocycles. The number of rotatable bonds is 12. The minimum absolute atomic E-state index is 0.0595. The smallest absolute Gasteiger partial charge is 0.496 e. The van der Waals surface area contributed by atoms with Gasteiger partial charge in [0.05, 0.1) is 13.2 Å². The zero-order valence-electron chi connectivity index (χ0n) is 21.9. The maximum absolute atomic E-state index is 13.3. The largest absolute Gasteiger partial charge is 0.522 e. The van der Waals surface area contributed by atoms with Crippen LogP contribution in [0.1, 0.15) is 50.0 Å². The quantitative estimate of drug-likeness (QED) is 0.318. The van der Waals surface area contributed by atoms with Crippen LogP contribution in [-0.4, -0.2) is 67.2 Å². The molecule has 2 unspecified atom stereocenters. The second-order valence-electron chi connectivity index (χ2n) is 9.89. The van der Waals surface area contributed by atoms with E-state index in [1.54, 1.807) is 24.3 Å². The van der Waals surface area contributed by atoms with E-state index in [9.17, 15) is 32.3 Å². The highest BCUT2D eigenvalue weighted by Gasteiger charge is 2.35. The Bertz CT molecular complexity index is 1200. The van der Waals surface area contributed by atoms with E-state index in [0.717, 1.165) is 0 Å². The van der Waals surface area contributed by atoms with Gasteiger partial charge in [0, 0.05) is 23.4 Å². The Balaban J connectivity index is 1.78. The Labute approximate surface area is 223 Å². The first-order valence-corrected chi connectivity index (χ1v) is 12.7. The molecule has 4 N–H and O–H groups in total. The molecular weight excluding hydrogens is 521 g/mol. The summed E-state index contributed by atoms with van der Waals surface area (Å²) in [6.07, 6.45) is -4.00. The molecule has 3 amide bonds. The summed E-state index contributed by atoms with van der Waals surface area (Å²) in [4.78, 5) is 54.3. The maximum atomic E-state index is 13.3. The number of Topliss-reactive ketones (excluding diaryl/α,β-unsaturated/α-hetero) is 1. The number of fused-ring (bicyclic) bond motifs is 1. The van der Waals surface area contributed by atoms with Crippen LogP contribution in [0.2, 0.25) is 0 Å². The Morgan fingerprint density at radius 2 is 1.90 bits per heavy atom. The summed E-state index contributed by atoms with van der Waals surface area (Å²) < 4.78 is 46.7. The number of benzene rings is 1. The van der Waals surface area contributed by atoms with Crippen molar-refractivity contribution in [1.29, 1.82) is 0 Å². The number of carbonyl (C=O) groups excluding carboxylic acids is 4. The van der Waals surface area contributed by atoms with Crippen LogP contribution >= 0.6 is 0 Å². The van der Waals surface area contributed by atoms with Crippen molar-refractivity contribution < 1.29 is 41.8 Å². The van der Waals surface area contributed by atoms with Gasteiger partial charge in [-0.15, -0.1) is 13.2 Å². The molecule has 0 bridgehead atoms. The van der Waals surface area contributed by atoms with Crippen molar-refractivity contribution in [3.05, 3.63) is 30.0 Å². The van der Waals surface area contributed by atoms with Crippen molar-refractivity contribution in [1.82, 2.24) is 20.9 Å². The zero-order valence-corrected chi connectivity index (χ0v) is 21.9.